The maximum absolute atomic E-state index is 5.92. The molecule has 1 aliphatic carbocycles. The summed E-state index contributed by atoms with van der Waals surface area (Å²) in [6, 6.07) is 16.7. The number of allylic oxidation sites excluding steroid dienone is 4. The summed E-state index contributed by atoms with van der Waals surface area (Å²) >= 11 is 0. The Morgan fingerprint density at radius 3 is 1.85 bits per heavy atom. The monoisotopic (exact) mass is 356 g/mol. The molecule has 0 fully saturated rings. The topological polar surface area (TPSA) is 38.9 Å². The quantitative estimate of drug-likeness (QED) is 0.542. The third-order valence-electron chi connectivity index (χ3n) is 4.94. The lowest BCUT2D eigenvalue weighted by Gasteiger charge is -2.18. The Morgan fingerprint density at radius 1 is 0.778 bits per heavy atom. The number of nitrogens with zero attached hydrogens (tertiary/aromatic N) is 2. The summed E-state index contributed by atoms with van der Waals surface area (Å²) in [5, 5.41) is 8.46. The van der Waals surface area contributed by atoms with Crippen LogP contribution < -0.4 is 0 Å². The normalized spacial score (nSPS) is 14.3. The molecule has 3 heteroatoms. The van der Waals surface area contributed by atoms with Crippen molar-refractivity contribution in [3.05, 3.63) is 77.9 Å². The molecule has 0 N–H and O–H groups in total. The summed E-state index contributed by atoms with van der Waals surface area (Å²) < 4.78 is 5.92. The van der Waals surface area contributed by atoms with E-state index < -0.39 is 0 Å². The van der Waals surface area contributed by atoms with Gasteiger partial charge in [-0.3, -0.25) is 0 Å². The Kier molecular flexibility index (Phi) is 4.53. The molecule has 2 aromatic carbocycles. The largest absolute Gasteiger partial charge is 0.416 e. The van der Waals surface area contributed by atoms with Gasteiger partial charge in [-0.15, -0.1) is 10.2 Å². The second-order valence-corrected chi connectivity index (χ2v) is 7.98. The molecule has 4 rings (SSSR count). The Morgan fingerprint density at radius 2 is 1.33 bits per heavy atom. The fraction of sp³-hybridized carbons (Fsp3) is 0.250. The van der Waals surface area contributed by atoms with Crippen LogP contribution in [-0.2, 0) is 5.41 Å². The highest BCUT2D eigenvalue weighted by atomic mass is 16.4. The Hall–Kier alpha value is -2.94. The van der Waals surface area contributed by atoms with E-state index in [2.05, 4.69) is 85.6 Å². The number of hydrogen-bond acceptors (Lipinski definition) is 3. The maximum atomic E-state index is 5.92. The van der Waals surface area contributed by atoms with Crippen molar-refractivity contribution in [1.82, 2.24) is 10.2 Å². The first-order valence-corrected chi connectivity index (χ1v) is 9.42. The van der Waals surface area contributed by atoms with Crippen LogP contribution in [0.1, 0.15) is 44.7 Å². The average Bonchev–Trinajstić information content (AvgIpc) is 3.18. The molecule has 0 atom stereocenters. The first-order valence-electron chi connectivity index (χ1n) is 9.42. The average molecular weight is 356 g/mol. The molecule has 3 aromatic rings. The van der Waals surface area contributed by atoms with E-state index in [0.717, 1.165) is 24.0 Å². The minimum Gasteiger partial charge on any atom is -0.416 e. The van der Waals surface area contributed by atoms with Gasteiger partial charge in [0.2, 0.25) is 11.8 Å². The molecule has 1 aliphatic rings. The Labute approximate surface area is 160 Å². The van der Waals surface area contributed by atoms with Crippen LogP contribution in [0.5, 0.6) is 0 Å². The SMILES string of the molecule is CC(C)(C)c1ccc(-c2nnc(-c3ccc(C4=CC=CCC4)cc3)o2)cc1. The number of benzene rings is 2. The van der Waals surface area contributed by atoms with Gasteiger partial charge in [0, 0.05) is 11.1 Å². The molecule has 0 radical (unpaired) electrons. The van der Waals surface area contributed by atoms with E-state index >= 15 is 0 Å². The van der Waals surface area contributed by atoms with E-state index in [9.17, 15) is 0 Å². The molecule has 0 saturated carbocycles. The third kappa shape index (κ3) is 3.77. The summed E-state index contributed by atoms with van der Waals surface area (Å²) in [4.78, 5) is 0. The van der Waals surface area contributed by atoms with Crippen LogP contribution in [0.15, 0.2) is 71.2 Å². The van der Waals surface area contributed by atoms with E-state index in [1.54, 1.807) is 0 Å². The molecule has 1 aromatic heterocycles. The standard InChI is InChI=1S/C24H24N2O/c1-24(2,3)21-15-13-20(14-16-21)23-26-25-22(27-23)19-11-9-18(10-12-19)17-7-5-4-6-8-17/h4-5,7,9-16H,6,8H2,1-3H3. The maximum Gasteiger partial charge on any atom is 0.248 e. The van der Waals surface area contributed by atoms with Gasteiger partial charge in [0.1, 0.15) is 0 Å². The lowest BCUT2D eigenvalue weighted by Crippen LogP contribution is -2.10. The molecule has 0 aliphatic heterocycles. The highest BCUT2D eigenvalue weighted by Crippen LogP contribution is 2.29. The van der Waals surface area contributed by atoms with Gasteiger partial charge in [-0.2, -0.15) is 0 Å². The van der Waals surface area contributed by atoms with Crippen molar-refractivity contribution < 1.29 is 4.42 Å². The van der Waals surface area contributed by atoms with Crippen LogP contribution in [-0.4, -0.2) is 10.2 Å². The van der Waals surface area contributed by atoms with Gasteiger partial charge < -0.3 is 4.42 Å². The van der Waals surface area contributed by atoms with E-state index in [4.69, 9.17) is 4.42 Å². The number of rotatable bonds is 3. The second-order valence-electron chi connectivity index (χ2n) is 7.98. The van der Waals surface area contributed by atoms with Gasteiger partial charge in [0.05, 0.1) is 0 Å². The van der Waals surface area contributed by atoms with Gasteiger partial charge in [0.15, 0.2) is 0 Å². The van der Waals surface area contributed by atoms with Crippen LogP contribution in [0.25, 0.3) is 28.5 Å². The molecule has 136 valence electrons. The Balaban J connectivity index is 1.55. The first kappa shape index (κ1) is 17.5. The molecule has 0 saturated heterocycles. The lowest BCUT2D eigenvalue weighted by atomic mass is 9.87. The third-order valence-corrected chi connectivity index (χ3v) is 4.94. The van der Waals surface area contributed by atoms with Gasteiger partial charge in [0.25, 0.3) is 0 Å². The first-order chi connectivity index (χ1) is 13.0. The van der Waals surface area contributed by atoms with Crippen LogP contribution in [0.3, 0.4) is 0 Å². The number of hydrogen-bond donors (Lipinski definition) is 0. The summed E-state index contributed by atoms with van der Waals surface area (Å²) in [5.41, 5.74) is 5.92. The summed E-state index contributed by atoms with van der Waals surface area (Å²) in [7, 11) is 0. The van der Waals surface area contributed by atoms with E-state index in [-0.39, 0.29) is 5.41 Å². The summed E-state index contributed by atoms with van der Waals surface area (Å²) in [6.07, 6.45) is 8.71. The molecule has 0 bridgehead atoms. The van der Waals surface area contributed by atoms with Gasteiger partial charge in [-0.05, 0) is 59.2 Å². The zero-order valence-electron chi connectivity index (χ0n) is 16.1. The summed E-state index contributed by atoms with van der Waals surface area (Å²) in [5.74, 6) is 1.10. The smallest absolute Gasteiger partial charge is 0.248 e. The lowest BCUT2D eigenvalue weighted by molar-refractivity contribution is 0.582. The number of aromatic nitrogens is 2. The van der Waals surface area contributed by atoms with E-state index in [0.29, 0.717) is 11.8 Å². The van der Waals surface area contributed by atoms with Crippen molar-refractivity contribution in [3.8, 4) is 22.9 Å². The molecular weight excluding hydrogens is 332 g/mol. The fourth-order valence-corrected chi connectivity index (χ4v) is 3.24. The van der Waals surface area contributed by atoms with Crippen molar-refractivity contribution in [2.45, 2.75) is 39.0 Å². The van der Waals surface area contributed by atoms with E-state index in [1.165, 1.54) is 16.7 Å². The Bertz CT molecular complexity index is 984. The van der Waals surface area contributed by atoms with Gasteiger partial charge in [-0.25, -0.2) is 0 Å². The highest BCUT2D eigenvalue weighted by Gasteiger charge is 2.15. The van der Waals surface area contributed by atoms with Crippen molar-refractivity contribution in [1.29, 1.82) is 0 Å². The van der Waals surface area contributed by atoms with Crippen molar-refractivity contribution >= 4 is 5.57 Å². The fourth-order valence-electron chi connectivity index (χ4n) is 3.24. The molecule has 0 unspecified atom stereocenters. The van der Waals surface area contributed by atoms with Crippen LogP contribution in [0.4, 0.5) is 0 Å². The molecular formula is C24H24N2O. The van der Waals surface area contributed by atoms with Gasteiger partial charge >= 0.3 is 0 Å². The zero-order chi connectivity index (χ0) is 18.9. The van der Waals surface area contributed by atoms with E-state index in [1.807, 2.05) is 12.1 Å². The van der Waals surface area contributed by atoms with Crippen LogP contribution >= 0.6 is 0 Å². The summed E-state index contributed by atoms with van der Waals surface area (Å²) in [6.45, 7) is 6.61. The van der Waals surface area contributed by atoms with Crippen LogP contribution in [0, 0.1) is 0 Å². The van der Waals surface area contributed by atoms with Crippen molar-refractivity contribution in [2.75, 3.05) is 0 Å². The molecule has 3 nitrogen and oxygen atoms in total. The molecule has 1 heterocycles. The zero-order valence-corrected chi connectivity index (χ0v) is 16.1. The minimum atomic E-state index is 0.129. The van der Waals surface area contributed by atoms with Crippen LogP contribution in [0.2, 0.25) is 0 Å². The predicted octanol–water partition coefficient (Wildman–Crippen LogP) is 6.43. The van der Waals surface area contributed by atoms with Crippen molar-refractivity contribution in [2.24, 2.45) is 0 Å². The molecule has 0 amide bonds. The van der Waals surface area contributed by atoms with Gasteiger partial charge in [-0.1, -0.05) is 63.3 Å². The van der Waals surface area contributed by atoms with Crippen molar-refractivity contribution in [3.63, 3.8) is 0 Å². The molecule has 0 spiro atoms. The minimum absolute atomic E-state index is 0.129. The predicted molar refractivity (Wildman–Crippen MR) is 110 cm³/mol. The molecule has 27 heavy (non-hydrogen) atoms. The highest BCUT2D eigenvalue weighted by molar-refractivity contribution is 5.70. The second kappa shape index (κ2) is 6.99.